The molecular formula is C15H17ClN2O3S. The summed E-state index contributed by atoms with van der Waals surface area (Å²) in [4.78, 5) is 23.1. The number of halogens is 1. The van der Waals surface area contributed by atoms with Gasteiger partial charge in [-0.15, -0.1) is 11.3 Å². The Kier molecular flexibility index (Phi) is 4.44. The Balaban J connectivity index is 2.37. The van der Waals surface area contributed by atoms with Gasteiger partial charge < -0.3 is 5.32 Å². The number of fused-ring (bicyclic) bond motifs is 1. The first-order valence-electron chi connectivity index (χ1n) is 6.78. The maximum atomic E-state index is 12.4. The van der Waals surface area contributed by atoms with E-state index in [9.17, 15) is 14.9 Å². The van der Waals surface area contributed by atoms with Gasteiger partial charge >= 0.3 is 0 Å². The number of nitro groups is 1. The highest BCUT2D eigenvalue weighted by molar-refractivity contribution is 7.21. The normalized spacial score (nSPS) is 13.1. The molecule has 2 rings (SSSR count). The molecule has 0 saturated heterocycles. The van der Waals surface area contributed by atoms with Crippen LogP contribution in [0.15, 0.2) is 18.2 Å². The van der Waals surface area contributed by atoms with Gasteiger partial charge in [-0.1, -0.05) is 32.4 Å². The molecule has 1 amide bonds. The van der Waals surface area contributed by atoms with Gasteiger partial charge in [0.2, 0.25) is 0 Å². The minimum absolute atomic E-state index is 0.0135. The third-order valence-corrected chi connectivity index (χ3v) is 5.33. The predicted molar refractivity (Wildman–Crippen MR) is 89.9 cm³/mol. The highest BCUT2D eigenvalue weighted by Crippen LogP contribution is 2.37. The number of nitrogens with one attached hydrogen (secondary N) is 1. The molecule has 0 aliphatic carbocycles. The van der Waals surface area contributed by atoms with E-state index in [4.69, 9.17) is 11.6 Å². The van der Waals surface area contributed by atoms with E-state index in [0.717, 1.165) is 0 Å². The summed E-state index contributed by atoms with van der Waals surface area (Å²) in [5.74, 6) is -0.253. The molecule has 118 valence electrons. The van der Waals surface area contributed by atoms with Crippen LogP contribution in [0.25, 0.3) is 10.1 Å². The van der Waals surface area contributed by atoms with Crippen molar-refractivity contribution in [3.8, 4) is 0 Å². The zero-order valence-electron chi connectivity index (χ0n) is 12.8. The van der Waals surface area contributed by atoms with Crippen molar-refractivity contribution < 1.29 is 9.72 Å². The van der Waals surface area contributed by atoms with E-state index >= 15 is 0 Å². The number of rotatable bonds is 3. The van der Waals surface area contributed by atoms with Gasteiger partial charge in [-0.2, -0.15) is 0 Å². The van der Waals surface area contributed by atoms with Crippen LogP contribution in [0.2, 0.25) is 5.02 Å². The molecule has 0 saturated carbocycles. The molecule has 0 radical (unpaired) electrons. The molecule has 0 bridgehead atoms. The molecule has 0 unspecified atom stereocenters. The monoisotopic (exact) mass is 340 g/mol. The Morgan fingerprint density at radius 1 is 1.41 bits per heavy atom. The van der Waals surface area contributed by atoms with Crippen molar-refractivity contribution in [3.05, 3.63) is 38.2 Å². The fourth-order valence-corrected chi connectivity index (χ4v) is 3.25. The molecule has 1 atom stereocenters. The van der Waals surface area contributed by atoms with E-state index in [0.29, 0.717) is 20.0 Å². The van der Waals surface area contributed by atoms with Crippen molar-refractivity contribution in [2.24, 2.45) is 5.41 Å². The largest absolute Gasteiger partial charge is 0.348 e. The van der Waals surface area contributed by atoms with Gasteiger partial charge in [-0.05, 0) is 18.4 Å². The fourth-order valence-electron chi connectivity index (χ4n) is 1.79. The van der Waals surface area contributed by atoms with Gasteiger partial charge in [0.15, 0.2) is 0 Å². The van der Waals surface area contributed by atoms with Crippen molar-refractivity contribution in [3.63, 3.8) is 0 Å². The average molecular weight is 341 g/mol. The maximum absolute atomic E-state index is 12.4. The summed E-state index contributed by atoms with van der Waals surface area (Å²) >= 11 is 7.43. The van der Waals surface area contributed by atoms with Crippen molar-refractivity contribution >= 4 is 44.6 Å². The zero-order chi connectivity index (χ0) is 16.7. The lowest BCUT2D eigenvalue weighted by molar-refractivity contribution is -0.384. The third-order valence-electron chi connectivity index (χ3n) is 3.68. The summed E-state index contributed by atoms with van der Waals surface area (Å²) in [6.45, 7) is 8.04. The van der Waals surface area contributed by atoms with E-state index < -0.39 is 4.92 Å². The summed E-state index contributed by atoms with van der Waals surface area (Å²) in [7, 11) is 0. The molecule has 1 N–H and O–H groups in total. The minimum atomic E-state index is -0.464. The Hall–Kier alpha value is -1.66. The SMILES string of the molecule is C[C@@H](NC(=O)c1sc2cc([N+](=O)[O-])ccc2c1Cl)C(C)(C)C. The lowest BCUT2D eigenvalue weighted by Gasteiger charge is -2.27. The number of thiophene rings is 1. The molecule has 5 nitrogen and oxygen atoms in total. The number of non-ortho nitro benzene ring substituents is 1. The van der Waals surface area contributed by atoms with E-state index in [1.807, 2.05) is 27.7 Å². The molecule has 0 aliphatic rings. The Bertz CT molecular complexity index is 749. The Labute approximate surface area is 137 Å². The highest BCUT2D eigenvalue weighted by Gasteiger charge is 2.25. The lowest BCUT2D eigenvalue weighted by atomic mass is 9.88. The molecule has 0 spiro atoms. The quantitative estimate of drug-likeness (QED) is 0.654. The molecule has 7 heteroatoms. The summed E-state index contributed by atoms with van der Waals surface area (Å²) in [6.07, 6.45) is 0. The van der Waals surface area contributed by atoms with Crippen LogP contribution in [0, 0.1) is 15.5 Å². The van der Waals surface area contributed by atoms with Crippen molar-refractivity contribution in [1.29, 1.82) is 0 Å². The third kappa shape index (κ3) is 3.23. The van der Waals surface area contributed by atoms with Crippen LogP contribution in [-0.2, 0) is 0 Å². The second-order valence-electron chi connectivity index (χ2n) is 6.24. The van der Waals surface area contributed by atoms with Crippen molar-refractivity contribution in [1.82, 2.24) is 5.32 Å². The van der Waals surface area contributed by atoms with Crippen LogP contribution >= 0.6 is 22.9 Å². The summed E-state index contributed by atoms with van der Waals surface area (Å²) in [6, 6.07) is 4.38. The lowest BCUT2D eigenvalue weighted by Crippen LogP contribution is -2.41. The summed E-state index contributed by atoms with van der Waals surface area (Å²) < 4.78 is 0.632. The smallest absolute Gasteiger partial charge is 0.270 e. The van der Waals surface area contributed by atoms with E-state index in [-0.39, 0.29) is 23.1 Å². The Morgan fingerprint density at radius 3 is 2.59 bits per heavy atom. The van der Waals surface area contributed by atoms with Crippen LogP contribution in [0.1, 0.15) is 37.4 Å². The fraction of sp³-hybridized carbons (Fsp3) is 0.400. The average Bonchev–Trinajstić information content (AvgIpc) is 2.74. The highest BCUT2D eigenvalue weighted by atomic mass is 35.5. The van der Waals surface area contributed by atoms with Gasteiger partial charge in [0.25, 0.3) is 11.6 Å². The number of carbonyl (C=O) groups excluding carboxylic acids is 1. The van der Waals surface area contributed by atoms with Crippen LogP contribution < -0.4 is 5.32 Å². The Morgan fingerprint density at radius 2 is 2.05 bits per heavy atom. The van der Waals surface area contributed by atoms with Crippen LogP contribution in [0.3, 0.4) is 0 Å². The molecule has 22 heavy (non-hydrogen) atoms. The molecule has 2 aromatic rings. The molecule has 1 aromatic heterocycles. The topological polar surface area (TPSA) is 72.2 Å². The van der Waals surface area contributed by atoms with Gasteiger partial charge in [-0.3, -0.25) is 14.9 Å². The maximum Gasteiger partial charge on any atom is 0.270 e. The number of benzene rings is 1. The van der Waals surface area contributed by atoms with Gasteiger partial charge in [0, 0.05) is 28.3 Å². The molecule has 1 heterocycles. The summed E-state index contributed by atoms with van der Waals surface area (Å²) in [5, 5.41) is 14.8. The van der Waals surface area contributed by atoms with Gasteiger partial charge in [0.05, 0.1) is 9.95 Å². The molecular weight excluding hydrogens is 324 g/mol. The van der Waals surface area contributed by atoms with Crippen LogP contribution in [0.5, 0.6) is 0 Å². The number of hydrogen-bond donors (Lipinski definition) is 1. The summed E-state index contributed by atoms with van der Waals surface area (Å²) in [5.41, 5.74) is -0.0853. The number of nitro benzene ring substituents is 1. The standard InChI is InChI=1S/C15H17ClN2O3S/c1-8(15(2,3)4)17-14(19)13-12(16)10-6-5-9(18(20)21)7-11(10)22-13/h5-8H,1-4H3,(H,17,19)/t8-/m1/s1. The number of amides is 1. The molecule has 0 aliphatic heterocycles. The zero-order valence-corrected chi connectivity index (χ0v) is 14.3. The van der Waals surface area contributed by atoms with E-state index in [2.05, 4.69) is 5.32 Å². The second kappa shape index (κ2) is 5.85. The van der Waals surface area contributed by atoms with Crippen LogP contribution in [-0.4, -0.2) is 16.9 Å². The van der Waals surface area contributed by atoms with E-state index in [1.54, 1.807) is 6.07 Å². The first kappa shape index (κ1) is 16.7. The predicted octanol–water partition coefficient (Wildman–Crippen LogP) is 4.63. The first-order valence-corrected chi connectivity index (χ1v) is 7.98. The first-order chi connectivity index (χ1) is 10.1. The van der Waals surface area contributed by atoms with Gasteiger partial charge in [-0.25, -0.2) is 0 Å². The van der Waals surface area contributed by atoms with Crippen LogP contribution in [0.4, 0.5) is 5.69 Å². The van der Waals surface area contributed by atoms with Gasteiger partial charge in [0.1, 0.15) is 4.88 Å². The van der Waals surface area contributed by atoms with E-state index in [1.165, 1.54) is 23.5 Å². The molecule has 1 aromatic carbocycles. The number of hydrogen-bond acceptors (Lipinski definition) is 4. The van der Waals surface area contributed by atoms with Crippen molar-refractivity contribution in [2.75, 3.05) is 0 Å². The minimum Gasteiger partial charge on any atom is -0.348 e. The number of carbonyl (C=O) groups is 1. The number of nitrogens with zero attached hydrogens (tertiary/aromatic N) is 1. The second-order valence-corrected chi connectivity index (χ2v) is 7.67. The molecule has 0 fully saturated rings. The van der Waals surface area contributed by atoms with Crippen molar-refractivity contribution in [2.45, 2.75) is 33.7 Å².